The molecule has 0 saturated carbocycles. The summed E-state index contributed by atoms with van der Waals surface area (Å²) in [4.78, 5) is 25.4. The highest BCUT2D eigenvalue weighted by Gasteiger charge is 2.17. The van der Waals surface area contributed by atoms with Crippen molar-refractivity contribution in [1.29, 1.82) is 0 Å². The van der Waals surface area contributed by atoms with E-state index in [9.17, 15) is 9.59 Å². The van der Waals surface area contributed by atoms with Crippen molar-refractivity contribution in [2.45, 2.75) is 25.9 Å². The number of carboxylic acids is 1. The van der Waals surface area contributed by atoms with E-state index >= 15 is 0 Å². The van der Waals surface area contributed by atoms with Crippen molar-refractivity contribution in [3.63, 3.8) is 0 Å². The zero-order valence-electron chi connectivity index (χ0n) is 8.64. The summed E-state index contributed by atoms with van der Waals surface area (Å²) in [5.41, 5.74) is 5.33. The lowest BCUT2D eigenvalue weighted by atomic mass is 10.2. The van der Waals surface area contributed by atoms with Gasteiger partial charge < -0.3 is 20.7 Å². The minimum atomic E-state index is -1.13. The number of nitrogens with zero attached hydrogens (tertiary/aromatic N) is 2. The lowest BCUT2D eigenvalue weighted by Crippen LogP contribution is -2.41. The van der Waals surface area contributed by atoms with Gasteiger partial charge in [0.25, 0.3) is 0 Å². The number of carbonyl (C=O) groups excluding carboxylic acids is 1. The first-order valence-electron chi connectivity index (χ1n) is 4.53. The van der Waals surface area contributed by atoms with Crippen molar-refractivity contribution in [3.8, 4) is 0 Å². The fourth-order valence-corrected chi connectivity index (χ4v) is 0.986. The number of hydrogen-bond acceptors (Lipinski definition) is 6. The number of aryl methyl sites for hydroxylation is 1. The molecule has 8 heteroatoms. The van der Waals surface area contributed by atoms with Crippen molar-refractivity contribution in [1.82, 2.24) is 15.5 Å². The van der Waals surface area contributed by atoms with E-state index in [4.69, 9.17) is 15.4 Å². The molecule has 0 fully saturated rings. The summed E-state index contributed by atoms with van der Waals surface area (Å²) in [6.45, 7) is 1.68. The molecule has 16 heavy (non-hydrogen) atoms. The Hall–Kier alpha value is -1.96. The van der Waals surface area contributed by atoms with Gasteiger partial charge in [0.05, 0.1) is 19.0 Å². The fraction of sp³-hybridized carbons (Fsp3) is 0.500. The molecule has 1 aromatic rings. The van der Waals surface area contributed by atoms with E-state index in [2.05, 4.69) is 15.5 Å². The van der Waals surface area contributed by atoms with Crippen LogP contribution in [0.1, 0.15) is 18.1 Å². The zero-order valence-corrected chi connectivity index (χ0v) is 8.64. The zero-order chi connectivity index (χ0) is 12.1. The molecule has 1 unspecified atom stereocenters. The smallest absolute Gasteiger partial charge is 0.305 e. The predicted molar refractivity (Wildman–Crippen MR) is 51.1 cm³/mol. The highest BCUT2D eigenvalue weighted by molar-refractivity contribution is 5.85. The molecule has 0 aliphatic rings. The van der Waals surface area contributed by atoms with Gasteiger partial charge >= 0.3 is 5.97 Å². The Kier molecular flexibility index (Phi) is 3.95. The first-order valence-corrected chi connectivity index (χ1v) is 4.53. The van der Waals surface area contributed by atoms with E-state index in [0.717, 1.165) is 0 Å². The molecule has 1 atom stereocenters. The van der Waals surface area contributed by atoms with Crippen molar-refractivity contribution in [2.75, 3.05) is 0 Å². The van der Waals surface area contributed by atoms with Gasteiger partial charge in [0, 0.05) is 0 Å². The van der Waals surface area contributed by atoms with E-state index in [1.165, 1.54) is 0 Å². The van der Waals surface area contributed by atoms with E-state index in [0.29, 0.717) is 5.82 Å². The molecule has 0 spiro atoms. The van der Waals surface area contributed by atoms with Crippen LogP contribution in [0.4, 0.5) is 0 Å². The lowest BCUT2D eigenvalue weighted by Gasteiger charge is -2.07. The van der Waals surface area contributed by atoms with Gasteiger partial charge in [0.15, 0.2) is 5.82 Å². The van der Waals surface area contributed by atoms with Gasteiger partial charge in [0.2, 0.25) is 11.8 Å². The lowest BCUT2D eigenvalue weighted by molar-refractivity contribution is -0.139. The SMILES string of the molecule is Cc1noc(CNC(=O)C(N)CC(=O)O)n1. The Labute approximate surface area is 90.8 Å². The fourth-order valence-electron chi connectivity index (χ4n) is 0.986. The monoisotopic (exact) mass is 228 g/mol. The van der Waals surface area contributed by atoms with Gasteiger partial charge in [-0.05, 0) is 6.92 Å². The first-order chi connectivity index (χ1) is 7.49. The van der Waals surface area contributed by atoms with Crippen LogP contribution in [-0.4, -0.2) is 33.2 Å². The molecule has 0 aliphatic carbocycles. The Morgan fingerprint density at radius 2 is 2.31 bits per heavy atom. The highest BCUT2D eigenvalue weighted by Crippen LogP contribution is 1.95. The quantitative estimate of drug-likeness (QED) is 0.576. The van der Waals surface area contributed by atoms with Crippen molar-refractivity contribution >= 4 is 11.9 Å². The molecular weight excluding hydrogens is 216 g/mol. The van der Waals surface area contributed by atoms with Gasteiger partial charge in [-0.2, -0.15) is 4.98 Å². The maximum atomic E-state index is 11.3. The molecule has 1 rings (SSSR count). The molecule has 0 saturated heterocycles. The number of amides is 1. The standard InChI is InChI=1S/C8H12N4O4/c1-4-11-6(16-12-4)3-10-8(15)5(9)2-7(13)14/h5H,2-3,9H2,1H3,(H,10,15)(H,13,14). The third-order valence-corrected chi connectivity index (χ3v) is 1.71. The van der Waals surface area contributed by atoms with E-state index in [1.54, 1.807) is 6.92 Å². The molecule has 0 radical (unpaired) electrons. The average Bonchev–Trinajstić information content (AvgIpc) is 2.59. The Bertz CT molecular complexity index is 389. The molecule has 0 aromatic carbocycles. The molecule has 4 N–H and O–H groups in total. The normalized spacial score (nSPS) is 12.1. The Balaban J connectivity index is 2.37. The number of nitrogens with one attached hydrogen (secondary N) is 1. The van der Waals surface area contributed by atoms with Crippen molar-refractivity contribution in [2.24, 2.45) is 5.73 Å². The summed E-state index contributed by atoms with van der Waals surface area (Å²) < 4.78 is 4.74. The Morgan fingerprint density at radius 1 is 1.62 bits per heavy atom. The van der Waals surface area contributed by atoms with Crippen LogP contribution in [0.15, 0.2) is 4.52 Å². The number of rotatable bonds is 5. The summed E-state index contributed by atoms with van der Waals surface area (Å²) in [5.74, 6) is -0.998. The molecular formula is C8H12N4O4. The van der Waals surface area contributed by atoms with Crippen LogP contribution in [0, 0.1) is 6.92 Å². The molecule has 1 aromatic heterocycles. The molecule has 88 valence electrons. The van der Waals surface area contributed by atoms with Crippen LogP contribution in [0.5, 0.6) is 0 Å². The summed E-state index contributed by atoms with van der Waals surface area (Å²) in [6, 6.07) is -1.08. The number of carbonyl (C=O) groups is 2. The van der Waals surface area contributed by atoms with Crippen LogP contribution in [0.3, 0.4) is 0 Å². The third-order valence-electron chi connectivity index (χ3n) is 1.71. The van der Waals surface area contributed by atoms with Gasteiger partial charge in [-0.3, -0.25) is 9.59 Å². The second kappa shape index (κ2) is 5.21. The van der Waals surface area contributed by atoms with Gasteiger partial charge in [-0.15, -0.1) is 0 Å². The minimum absolute atomic E-state index is 0.0347. The van der Waals surface area contributed by atoms with Gasteiger partial charge in [-0.1, -0.05) is 5.16 Å². The highest BCUT2D eigenvalue weighted by atomic mass is 16.5. The van der Waals surface area contributed by atoms with Crippen LogP contribution in [0.2, 0.25) is 0 Å². The topological polar surface area (TPSA) is 131 Å². The third kappa shape index (κ3) is 3.65. The van der Waals surface area contributed by atoms with E-state index < -0.39 is 24.3 Å². The number of aromatic nitrogens is 2. The minimum Gasteiger partial charge on any atom is -0.481 e. The number of carboxylic acid groups (broad SMARTS) is 1. The second-order valence-corrected chi connectivity index (χ2v) is 3.16. The van der Waals surface area contributed by atoms with E-state index in [1.807, 2.05) is 0 Å². The van der Waals surface area contributed by atoms with Crippen LogP contribution in [-0.2, 0) is 16.1 Å². The molecule has 1 heterocycles. The summed E-state index contributed by atoms with van der Waals surface area (Å²) in [5, 5.41) is 14.3. The molecule has 0 aliphatic heterocycles. The molecule has 8 nitrogen and oxygen atoms in total. The maximum absolute atomic E-state index is 11.3. The largest absolute Gasteiger partial charge is 0.481 e. The van der Waals surface area contributed by atoms with Crippen molar-refractivity contribution < 1.29 is 19.2 Å². The summed E-state index contributed by atoms with van der Waals surface area (Å²) >= 11 is 0. The molecule has 0 bridgehead atoms. The Morgan fingerprint density at radius 3 is 2.81 bits per heavy atom. The second-order valence-electron chi connectivity index (χ2n) is 3.16. The average molecular weight is 228 g/mol. The van der Waals surface area contributed by atoms with Crippen LogP contribution < -0.4 is 11.1 Å². The first kappa shape index (κ1) is 12.1. The van der Waals surface area contributed by atoms with Crippen LogP contribution >= 0.6 is 0 Å². The van der Waals surface area contributed by atoms with Gasteiger partial charge in [-0.25, -0.2) is 0 Å². The van der Waals surface area contributed by atoms with E-state index in [-0.39, 0.29) is 12.4 Å². The summed E-state index contributed by atoms with van der Waals surface area (Å²) in [7, 11) is 0. The van der Waals surface area contributed by atoms with Gasteiger partial charge in [0.1, 0.15) is 0 Å². The van der Waals surface area contributed by atoms with Crippen LogP contribution in [0.25, 0.3) is 0 Å². The maximum Gasteiger partial charge on any atom is 0.305 e. The number of aliphatic carboxylic acids is 1. The number of hydrogen-bond donors (Lipinski definition) is 3. The molecule has 1 amide bonds. The predicted octanol–water partition coefficient (Wildman–Crippen LogP) is -1.20. The van der Waals surface area contributed by atoms with Crippen molar-refractivity contribution in [3.05, 3.63) is 11.7 Å². The number of nitrogens with two attached hydrogens (primary N) is 1. The summed E-state index contributed by atoms with van der Waals surface area (Å²) in [6.07, 6.45) is -0.422.